The summed E-state index contributed by atoms with van der Waals surface area (Å²) in [6, 6.07) is 0. The molecule has 0 fully saturated rings. The first-order valence-corrected chi connectivity index (χ1v) is 5.50. The number of halogens is 1. The predicted octanol–water partition coefficient (Wildman–Crippen LogP) is 3.57. The van der Waals surface area contributed by atoms with Crippen molar-refractivity contribution in [3.63, 3.8) is 0 Å². The van der Waals surface area contributed by atoms with Crippen LogP contribution in [-0.2, 0) is 0 Å². The van der Waals surface area contributed by atoms with Crippen LogP contribution >= 0.6 is 32.5 Å². The van der Waals surface area contributed by atoms with E-state index in [0.29, 0.717) is 0 Å². The summed E-state index contributed by atoms with van der Waals surface area (Å²) in [6.07, 6.45) is 8.57. The fourth-order valence-corrected chi connectivity index (χ4v) is 1.41. The maximum absolute atomic E-state index is 2.45. The molecule has 0 spiro atoms. The molecule has 0 radical (unpaired) electrons. The minimum absolute atomic E-state index is 0. The van der Waals surface area contributed by atoms with E-state index in [1.165, 1.54) is 43.0 Å². The van der Waals surface area contributed by atoms with E-state index < -0.39 is 0 Å². The zero-order valence-electron chi connectivity index (χ0n) is 7.33. The van der Waals surface area contributed by atoms with Gasteiger partial charge in [0.1, 0.15) is 0 Å². The lowest BCUT2D eigenvalue weighted by Crippen LogP contribution is -1.77. The van der Waals surface area contributed by atoms with Gasteiger partial charge in [-0.05, 0) is 20.7 Å². The molecule has 10 heavy (non-hydrogen) atoms. The average Bonchev–Trinajstić information content (AvgIpc) is 1.89. The fraction of sp³-hybridized carbons (Fsp3) is 1.00. The van der Waals surface area contributed by atoms with Gasteiger partial charge >= 0.3 is 0 Å². The molecule has 2 heteroatoms. The van der Waals surface area contributed by atoms with E-state index in [4.69, 9.17) is 0 Å². The molecule has 0 aromatic carbocycles. The second kappa shape index (κ2) is 12.8. The number of unbranched alkanes of at least 4 members (excludes halogenated alkanes) is 5. The average molecular weight is 275 g/mol. The van der Waals surface area contributed by atoms with Gasteiger partial charge in [0.05, 0.1) is 0 Å². The van der Waals surface area contributed by atoms with E-state index in [1.807, 2.05) is 0 Å². The molecule has 0 aliphatic rings. The number of alkyl halides is 1. The van der Waals surface area contributed by atoms with Gasteiger partial charge < -0.3 is 0 Å². The van der Waals surface area contributed by atoms with Gasteiger partial charge in [0, 0.05) is 0 Å². The van der Waals surface area contributed by atoms with Gasteiger partial charge in [0.2, 0.25) is 0 Å². The van der Waals surface area contributed by atoms with Crippen LogP contribution in [0.25, 0.3) is 0 Å². The van der Waals surface area contributed by atoms with Crippen molar-refractivity contribution in [3.8, 4) is 0 Å². The van der Waals surface area contributed by atoms with Crippen LogP contribution in [-0.4, -0.2) is 4.43 Å². The molecular formula is C8H21IP+. The summed E-state index contributed by atoms with van der Waals surface area (Å²) in [5.41, 5.74) is 0. The molecule has 0 amide bonds. The highest BCUT2D eigenvalue weighted by Crippen LogP contribution is 2.05. The van der Waals surface area contributed by atoms with E-state index in [9.17, 15) is 0 Å². The lowest BCUT2D eigenvalue weighted by molar-refractivity contribution is 0.629. The van der Waals surface area contributed by atoms with Crippen LogP contribution in [0.2, 0.25) is 0 Å². The van der Waals surface area contributed by atoms with E-state index in [-0.39, 0.29) is 9.90 Å². The van der Waals surface area contributed by atoms with Gasteiger partial charge in [-0.3, -0.25) is 0 Å². The third-order valence-electron chi connectivity index (χ3n) is 1.49. The molecule has 0 rings (SSSR count). The van der Waals surface area contributed by atoms with E-state index in [2.05, 4.69) is 29.5 Å². The van der Waals surface area contributed by atoms with Crippen molar-refractivity contribution >= 4 is 32.5 Å². The Morgan fingerprint density at radius 2 is 1.40 bits per heavy atom. The highest BCUT2D eigenvalue weighted by atomic mass is 127. The standard InChI is InChI=1S/C8H17I.H3P/c1-2-3-4-5-6-7-8-9;/h2-8H2,1H3;1H3/p+1. The molecule has 0 N–H and O–H groups in total. The monoisotopic (exact) mass is 275 g/mol. The first-order valence-electron chi connectivity index (χ1n) is 3.97. The Labute approximate surface area is 82.3 Å². The Balaban J connectivity index is 0. The summed E-state index contributed by atoms with van der Waals surface area (Å²) < 4.78 is 1.34. The van der Waals surface area contributed by atoms with Crippen LogP contribution in [0.4, 0.5) is 0 Å². The van der Waals surface area contributed by atoms with Crippen molar-refractivity contribution in [3.05, 3.63) is 0 Å². The zero-order chi connectivity index (χ0) is 6.95. The second-order valence-electron chi connectivity index (χ2n) is 2.46. The topological polar surface area (TPSA) is 0 Å². The minimum atomic E-state index is 0. The highest BCUT2D eigenvalue weighted by molar-refractivity contribution is 14.1. The van der Waals surface area contributed by atoms with Gasteiger partial charge in [-0.1, -0.05) is 61.6 Å². The third-order valence-corrected chi connectivity index (χ3v) is 2.25. The van der Waals surface area contributed by atoms with E-state index in [0.717, 1.165) is 0 Å². The van der Waals surface area contributed by atoms with Gasteiger partial charge in [-0.15, -0.1) is 0 Å². The zero-order valence-corrected chi connectivity index (χ0v) is 11.5. The van der Waals surface area contributed by atoms with Crippen LogP contribution in [0, 0.1) is 0 Å². The maximum Gasteiger partial charge on any atom is -0.000473 e. The van der Waals surface area contributed by atoms with E-state index in [1.54, 1.807) is 0 Å². The Bertz CT molecular complexity index is 42.5. The quantitative estimate of drug-likeness (QED) is 0.301. The molecule has 64 valence electrons. The second-order valence-corrected chi connectivity index (χ2v) is 3.54. The lowest BCUT2D eigenvalue weighted by Gasteiger charge is -1.95. The Hall–Kier alpha value is 1.16. The molecule has 0 aliphatic carbocycles. The summed E-state index contributed by atoms with van der Waals surface area (Å²) in [5, 5.41) is 0. The smallest absolute Gasteiger partial charge is 0.000473 e. The van der Waals surface area contributed by atoms with Crippen LogP contribution < -0.4 is 0 Å². The molecule has 1 unspecified atom stereocenters. The van der Waals surface area contributed by atoms with Crippen LogP contribution in [0.15, 0.2) is 0 Å². The van der Waals surface area contributed by atoms with Gasteiger partial charge in [0.15, 0.2) is 0 Å². The van der Waals surface area contributed by atoms with Crippen LogP contribution in [0.1, 0.15) is 45.4 Å². The third kappa shape index (κ3) is 11.9. The van der Waals surface area contributed by atoms with E-state index >= 15 is 0 Å². The lowest BCUT2D eigenvalue weighted by atomic mass is 10.1. The molecule has 0 aliphatic heterocycles. The molecule has 0 aromatic rings. The molecule has 0 nitrogen and oxygen atoms in total. The first kappa shape index (κ1) is 13.7. The van der Waals surface area contributed by atoms with Crippen LogP contribution in [0.5, 0.6) is 0 Å². The first-order chi connectivity index (χ1) is 4.41. The largest absolute Gasteiger partial charge is 0.0864 e. The summed E-state index contributed by atoms with van der Waals surface area (Å²) in [7, 11) is 0. The molecular weight excluding hydrogens is 254 g/mol. The number of rotatable bonds is 6. The van der Waals surface area contributed by atoms with Gasteiger partial charge in [-0.25, -0.2) is 0 Å². The Morgan fingerprint density at radius 3 is 1.90 bits per heavy atom. The molecule has 0 aromatic heterocycles. The molecule has 0 saturated carbocycles. The SMILES string of the molecule is CCCCCCCCI.[PH4+]. The van der Waals surface area contributed by atoms with Crippen molar-refractivity contribution in [2.75, 3.05) is 4.43 Å². The van der Waals surface area contributed by atoms with Gasteiger partial charge in [0.25, 0.3) is 0 Å². The van der Waals surface area contributed by atoms with Crippen LogP contribution in [0.3, 0.4) is 0 Å². The van der Waals surface area contributed by atoms with Crippen molar-refractivity contribution in [1.29, 1.82) is 0 Å². The van der Waals surface area contributed by atoms with Gasteiger partial charge in [-0.2, -0.15) is 0 Å². The normalized spacial score (nSPS) is 9.00. The maximum atomic E-state index is 2.45. The predicted molar refractivity (Wildman–Crippen MR) is 64.8 cm³/mol. The molecule has 1 atom stereocenters. The number of hydrogen-bond donors (Lipinski definition) is 0. The molecule has 0 bridgehead atoms. The molecule has 0 saturated heterocycles. The van der Waals surface area contributed by atoms with Crippen molar-refractivity contribution in [1.82, 2.24) is 0 Å². The fourth-order valence-electron chi connectivity index (χ4n) is 0.875. The highest BCUT2D eigenvalue weighted by Gasteiger charge is 1.86. The summed E-state index contributed by atoms with van der Waals surface area (Å²) >= 11 is 2.45. The number of hydrogen-bond acceptors (Lipinski definition) is 0. The van der Waals surface area contributed by atoms with Crippen molar-refractivity contribution < 1.29 is 0 Å². The molecule has 0 heterocycles. The van der Waals surface area contributed by atoms with Crippen molar-refractivity contribution in [2.24, 2.45) is 0 Å². The summed E-state index contributed by atoms with van der Waals surface area (Å²) in [6.45, 7) is 2.26. The minimum Gasteiger partial charge on any atom is -0.0864 e. The Morgan fingerprint density at radius 1 is 0.900 bits per heavy atom. The Kier molecular flexibility index (Phi) is 17.6. The summed E-state index contributed by atoms with van der Waals surface area (Å²) in [5.74, 6) is 0. The van der Waals surface area contributed by atoms with Crippen molar-refractivity contribution in [2.45, 2.75) is 45.4 Å². The summed E-state index contributed by atoms with van der Waals surface area (Å²) in [4.78, 5) is 0.